The van der Waals surface area contributed by atoms with Gasteiger partial charge >= 0.3 is 0 Å². The molecule has 6 nitrogen and oxygen atoms in total. The van der Waals surface area contributed by atoms with Crippen molar-refractivity contribution in [3.8, 4) is 16.3 Å². The third-order valence-electron chi connectivity index (χ3n) is 3.72. The Bertz CT molecular complexity index is 938. The van der Waals surface area contributed by atoms with E-state index in [4.69, 9.17) is 0 Å². The van der Waals surface area contributed by atoms with Crippen LogP contribution >= 0.6 is 23.1 Å². The third kappa shape index (κ3) is 4.74. The number of nitrogens with zero attached hydrogens (tertiary/aromatic N) is 2. The lowest BCUT2D eigenvalue weighted by Gasteiger charge is -2.18. The van der Waals surface area contributed by atoms with E-state index < -0.39 is 5.82 Å². The van der Waals surface area contributed by atoms with E-state index in [0.717, 1.165) is 6.07 Å². The van der Waals surface area contributed by atoms with Crippen LogP contribution in [0.4, 0.5) is 4.39 Å². The number of thioether (sulfide) groups is 1. The first-order valence-electron chi connectivity index (χ1n) is 8.08. The molecular weight excluding hydrogens is 389 g/mol. The highest BCUT2D eigenvalue weighted by atomic mass is 32.2. The molecule has 1 aliphatic rings. The zero-order chi connectivity index (χ0) is 19.6. The number of aliphatic hydroxyl groups is 1. The monoisotopic (exact) mass is 407 g/mol. The molecule has 3 N–H and O–H groups in total. The molecule has 27 heavy (non-hydrogen) atoms. The van der Waals surface area contributed by atoms with E-state index in [0.29, 0.717) is 32.9 Å². The molecule has 0 saturated carbocycles. The highest BCUT2D eigenvalue weighted by Crippen LogP contribution is 2.33. The number of amidine groups is 1. The van der Waals surface area contributed by atoms with Crippen LogP contribution in [0.5, 0.6) is 5.75 Å². The van der Waals surface area contributed by atoms with Gasteiger partial charge in [-0.05, 0) is 30.0 Å². The lowest BCUT2D eigenvalue weighted by atomic mass is 9.95. The van der Waals surface area contributed by atoms with Crippen LogP contribution in [-0.4, -0.2) is 39.4 Å². The molecule has 1 aromatic carbocycles. The Labute approximate surface area is 163 Å². The van der Waals surface area contributed by atoms with Crippen molar-refractivity contribution in [1.82, 2.24) is 10.3 Å². The van der Waals surface area contributed by atoms with Crippen LogP contribution in [0.15, 0.2) is 33.5 Å². The molecule has 1 aromatic heterocycles. The highest BCUT2D eigenvalue weighted by molar-refractivity contribution is 8.18. The van der Waals surface area contributed by atoms with Crippen molar-refractivity contribution >= 4 is 40.2 Å². The van der Waals surface area contributed by atoms with Crippen molar-refractivity contribution in [2.24, 2.45) is 10.4 Å². The van der Waals surface area contributed by atoms with E-state index in [1.165, 1.54) is 35.2 Å². The SMILES string of the molecule is CC(C)(CO)CN=C1NC(=O)C(=Cc2csc(-c3ccc(F)cc3O)n2)S1. The Balaban J connectivity index is 1.77. The van der Waals surface area contributed by atoms with Gasteiger partial charge in [0.25, 0.3) is 5.91 Å². The van der Waals surface area contributed by atoms with Crippen molar-refractivity contribution in [3.05, 3.63) is 40.0 Å². The average molecular weight is 407 g/mol. The first kappa shape index (κ1) is 19.5. The lowest BCUT2D eigenvalue weighted by molar-refractivity contribution is -0.115. The Morgan fingerprint density at radius 3 is 2.89 bits per heavy atom. The summed E-state index contributed by atoms with van der Waals surface area (Å²) in [6.07, 6.45) is 1.64. The van der Waals surface area contributed by atoms with Crippen molar-refractivity contribution in [3.63, 3.8) is 0 Å². The van der Waals surface area contributed by atoms with Crippen LogP contribution in [0.1, 0.15) is 19.5 Å². The summed E-state index contributed by atoms with van der Waals surface area (Å²) in [6, 6.07) is 3.75. The lowest BCUT2D eigenvalue weighted by Crippen LogP contribution is -2.24. The minimum atomic E-state index is -0.523. The zero-order valence-corrected chi connectivity index (χ0v) is 16.3. The minimum Gasteiger partial charge on any atom is -0.507 e. The number of amides is 1. The van der Waals surface area contributed by atoms with Crippen molar-refractivity contribution in [2.45, 2.75) is 13.8 Å². The maximum Gasteiger partial charge on any atom is 0.264 e. The van der Waals surface area contributed by atoms with E-state index >= 15 is 0 Å². The predicted molar refractivity (Wildman–Crippen MR) is 106 cm³/mol. The van der Waals surface area contributed by atoms with E-state index in [9.17, 15) is 19.4 Å². The summed E-state index contributed by atoms with van der Waals surface area (Å²) in [5.74, 6) is -0.970. The number of hydrogen-bond donors (Lipinski definition) is 3. The molecule has 1 fully saturated rings. The molecule has 0 spiro atoms. The second kappa shape index (κ2) is 7.79. The number of benzene rings is 1. The number of carbonyl (C=O) groups excluding carboxylic acids is 1. The van der Waals surface area contributed by atoms with Crippen LogP contribution in [0.3, 0.4) is 0 Å². The summed E-state index contributed by atoms with van der Waals surface area (Å²) in [7, 11) is 0. The fourth-order valence-electron chi connectivity index (χ4n) is 2.13. The Kier molecular flexibility index (Phi) is 5.64. The van der Waals surface area contributed by atoms with Crippen LogP contribution < -0.4 is 5.32 Å². The Hall–Kier alpha value is -2.23. The summed E-state index contributed by atoms with van der Waals surface area (Å²) < 4.78 is 13.1. The van der Waals surface area contributed by atoms with Gasteiger partial charge < -0.3 is 15.5 Å². The number of aliphatic hydroxyl groups excluding tert-OH is 1. The molecule has 0 radical (unpaired) electrons. The minimum absolute atomic E-state index is 0.00290. The van der Waals surface area contributed by atoms with Gasteiger partial charge in [-0.1, -0.05) is 13.8 Å². The number of aliphatic imine (C=N–C) groups is 1. The summed E-state index contributed by atoms with van der Waals surface area (Å²) in [6.45, 7) is 4.17. The normalized spacial score (nSPS) is 17.7. The quantitative estimate of drug-likeness (QED) is 0.662. The number of halogens is 1. The van der Waals surface area contributed by atoms with Crippen molar-refractivity contribution in [2.75, 3.05) is 13.2 Å². The number of thiazole rings is 1. The number of nitrogens with one attached hydrogen (secondary N) is 1. The molecule has 1 saturated heterocycles. The first-order valence-corrected chi connectivity index (χ1v) is 9.78. The van der Waals surface area contributed by atoms with Gasteiger partial charge in [-0.2, -0.15) is 0 Å². The van der Waals surface area contributed by atoms with Gasteiger partial charge in [0.1, 0.15) is 16.6 Å². The van der Waals surface area contributed by atoms with Gasteiger partial charge in [0.2, 0.25) is 0 Å². The van der Waals surface area contributed by atoms with Crippen LogP contribution in [-0.2, 0) is 4.79 Å². The largest absolute Gasteiger partial charge is 0.507 e. The topological polar surface area (TPSA) is 94.8 Å². The fourth-order valence-corrected chi connectivity index (χ4v) is 3.75. The summed E-state index contributed by atoms with van der Waals surface area (Å²) in [5.41, 5.74) is 0.641. The molecule has 142 valence electrons. The highest BCUT2D eigenvalue weighted by Gasteiger charge is 2.25. The summed E-state index contributed by atoms with van der Waals surface area (Å²) >= 11 is 2.50. The van der Waals surface area contributed by atoms with E-state index in [-0.39, 0.29) is 23.7 Å². The van der Waals surface area contributed by atoms with Crippen molar-refractivity contribution in [1.29, 1.82) is 0 Å². The van der Waals surface area contributed by atoms with Crippen LogP contribution in [0.25, 0.3) is 16.6 Å². The molecule has 2 heterocycles. The van der Waals surface area contributed by atoms with Gasteiger partial charge in [0.15, 0.2) is 5.17 Å². The number of rotatable bonds is 5. The molecule has 0 unspecified atom stereocenters. The molecule has 9 heteroatoms. The molecule has 2 aromatic rings. The zero-order valence-electron chi connectivity index (χ0n) is 14.7. The molecular formula is C18H18FN3O3S2. The van der Waals surface area contributed by atoms with Crippen molar-refractivity contribution < 1.29 is 19.4 Å². The third-order valence-corrected chi connectivity index (χ3v) is 5.56. The van der Waals surface area contributed by atoms with E-state index in [1.807, 2.05) is 13.8 Å². The second-order valence-corrected chi connectivity index (χ2v) is 8.64. The summed E-state index contributed by atoms with van der Waals surface area (Å²) in [4.78, 5) is 21.3. The van der Waals surface area contributed by atoms with E-state index in [2.05, 4.69) is 15.3 Å². The van der Waals surface area contributed by atoms with Gasteiger partial charge in [0, 0.05) is 30.0 Å². The molecule has 0 aliphatic carbocycles. The fraction of sp³-hybridized carbons (Fsp3) is 0.278. The van der Waals surface area contributed by atoms with Gasteiger partial charge in [-0.3, -0.25) is 9.79 Å². The predicted octanol–water partition coefficient (Wildman–Crippen LogP) is 3.23. The van der Waals surface area contributed by atoms with Gasteiger partial charge in [-0.25, -0.2) is 9.37 Å². The Morgan fingerprint density at radius 1 is 1.41 bits per heavy atom. The molecule has 1 aliphatic heterocycles. The number of carbonyl (C=O) groups is 1. The standard InChI is InChI=1S/C18H18FN3O3S2/c1-18(2,9-23)8-20-17-22-15(25)14(27-17)6-11-7-26-16(21-11)12-4-3-10(19)5-13(12)24/h3-7,23-24H,8-9H2,1-2H3,(H,20,22,25). The number of aromatic nitrogens is 1. The van der Waals surface area contributed by atoms with Crippen LogP contribution in [0.2, 0.25) is 0 Å². The molecule has 0 atom stereocenters. The Morgan fingerprint density at radius 2 is 2.19 bits per heavy atom. The molecule has 1 amide bonds. The van der Waals surface area contributed by atoms with Crippen LogP contribution in [0, 0.1) is 11.2 Å². The summed E-state index contributed by atoms with van der Waals surface area (Å²) in [5, 5.41) is 24.6. The molecule has 3 rings (SSSR count). The number of hydrogen-bond acceptors (Lipinski definition) is 7. The maximum absolute atomic E-state index is 13.1. The first-order chi connectivity index (χ1) is 12.8. The van der Waals surface area contributed by atoms with E-state index in [1.54, 1.807) is 11.5 Å². The maximum atomic E-state index is 13.1. The number of phenols is 1. The number of phenolic OH excluding ortho intramolecular Hbond substituents is 1. The van der Waals surface area contributed by atoms with Gasteiger partial charge in [-0.15, -0.1) is 11.3 Å². The molecule has 0 bridgehead atoms. The second-order valence-electron chi connectivity index (χ2n) is 6.75. The average Bonchev–Trinajstić information content (AvgIpc) is 3.21. The smallest absolute Gasteiger partial charge is 0.264 e. The number of aromatic hydroxyl groups is 1. The van der Waals surface area contributed by atoms with Gasteiger partial charge in [0.05, 0.1) is 16.2 Å².